The molecule has 1 saturated carbocycles. The summed E-state index contributed by atoms with van der Waals surface area (Å²) < 4.78 is 6.88. The summed E-state index contributed by atoms with van der Waals surface area (Å²) >= 11 is 0. The number of aromatic nitrogens is 1. The number of esters is 1. The van der Waals surface area contributed by atoms with Crippen LogP contribution < -0.4 is 0 Å². The minimum atomic E-state index is -0.217. The van der Waals surface area contributed by atoms with Gasteiger partial charge in [0.25, 0.3) is 5.91 Å². The van der Waals surface area contributed by atoms with Gasteiger partial charge in [0.05, 0.1) is 13.0 Å². The van der Waals surface area contributed by atoms with E-state index >= 15 is 0 Å². The minimum Gasteiger partial charge on any atom is -0.469 e. The van der Waals surface area contributed by atoms with Crippen molar-refractivity contribution in [2.45, 2.75) is 25.8 Å². The summed E-state index contributed by atoms with van der Waals surface area (Å²) in [5.41, 5.74) is 0.741. The minimum absolute atomic E-state index is 0.0279. The molecule has 1 amide bonds. The van der Waals surface area contributed by atoms with Crippen LogP contribution in [0.3, 0.4) is 0 Å². The summed E-state index contributed by atoms with van der Waals surface area (Å²) in [5, 5.41) is 0. The van der Waals surface area contributed by atoms with Gasteiger partial charge in [0, 0.05) is 25.3 Å². The SMILES string of the molecule is COC(=O)C1CN(C(=O)c2cccn2C2CC2)CC1C. The summed E-state index contributed by atoms with van der Waals surface area (Å²) in [7, 11) is 1.40. The molecule has 5 heteroatoms. The van der Waals surface area contributed by atoms with E-state index in [4.69, 9.17) is 4.74 Å². The Bertz CT molecular complexity index is 533. The maximum atomic E-state index is 12.6. The summed E-state index contributed by atoms with van der Waals surface area (Å²) in [5.74, 6) is -0.241. The van der Waals surface area contributed by atoms with Crippen LogP contribution in [0, 0.1) is 11.8 Å². The Balaban J connectivity index is 1.75. The fourth-order valence-electron chi connectivity index (χ4n) is 3.00. The summed E-state index contributed by atoms with van der Waals surface area (Å²) in [6, 6.07) is 4.28. The maximum absolute atomic E-state index is 12.6. The average Bonchev–Trinajstić information content (AvgIpc) is 3.04. The van der Waals surface area contributed by atoms with Crippen molar-refractivity contribution in [3.05, 3.63) is 24.0 Å². The monoisotopic (exact) mass is 276 g/mol. The molecule has 1 aromatic heterocycles. The lowest BCUT2D eigenvalue weighted by Gasteiger charge is -2.17. The average molecular weight is 276 g/mol. The number of rotatable bonds is 3. The highest BCUT2D eigenvalue weighted by Gasteiger charge is 2.39. The Morgan fingerprint density at radius 1 is 1.30 bits per heavy atom. The number of hydrogen-bond donors (Lipinski definition) is 0. The quantitative estimate of drug-likeness (QED) is 0.790. The van der Waals surface area contributed by atoms with Crippen molar-refractivity contribution in [3.63, 3.8) is 0 Å². The van der Waals surface area contributed by atoms with Crippen LogP contribution in [0.4, 0.5) is 0 Å². The Hall–Kier alpha value is -1.78. The molecule has 1 aliphatic heterocycles. The van der Waals surface area contributed by atoms with Crippen LogP contribution in [0.2, 0.25) is 0 Å². The highest BCUT2D eigenvalue weighted by atomic mass is 16.5. The number of methoxy groups -OCH3 is 1. The standard InChI is InChI=1S/C15H20N2O3/c1-10-8-16(9-12(10)15(19)20-2)14(18)13-4-3-7-17(13)11-5-6-11/h3-4,7,10-12H,5-6,8-9H2,1-2H3. The summed E-state index contributed by atoms with van der Waals surface area (Å²) in [6.45, 7) is 3.08. The van der Waals surface area contributed by atoms with Crippen LogP contribution in [0.15, 0.2) is 18.3 Å². The Morgan fingerprint density at radius 3 is 2.70 bits per heavy atom. The van der Waals surface area contributed by atoms with Gasteiger partial charge in [-0.3, -0.25) is 9.59 Å². The second-order valence-electron chi connectivity index (χ2n) is 5.85. The second kappa shape index (κ2) is 4.96. The van der Waals surface area contributed by atoms with Crippen molar-refractivity contribution in [2.75, 3.05) is 20.2 Å². The molecule has 2 unspecified atom stereocenters. The van der Waals surface area contributed by atoms with Crippen molar-refractivity contribution in [1.29, 1.82) is 0 Å². The van der Waals surface area contributed by atoms with Crippen LogP contribution in [0.1, 0.15) is 36.3 Å². The van der Waals surface area contributed by atoms with Gasteiger partial charge in [-0.25, -0.2) is 0 Å². The first-order valence-electron chi connectivity index (χ1n) is 7.15. The van der Waals surface area contributed by atoms with Crippen molar-refractivity contribution in [2.24, 2.45) is 11.8 Å². The molecule has 1 saturated heterocycles. The molecule has 5 nitrogen and oxygen atoms in total. The zero-order valence-corrected chi connectivity index (χ0v) is 11.9. The number of amides is 1. The zero-order chi connectivity index (χ0) is 14.3. The largest absolute Gasteiger partial charge is 0.469 e. The summed E-state index contributed by atoms with van der Waals surface area (Å²) in [4.78, 5) is 26.1. The Labute approximate surface area is 118 Å². The van der Waals surface area contributed by atoms with Crippen LogP contribution in [0.5, 0.6) is 0 Å². The molecule has 108 valence electrons. The molecule has 1 aliphatic carbocycles. The van der Waals surface area contributed by atoms with Gasteiger partial charge in [0.2, 0.25) is 0 Å². The molecule has 2 fully saturated rings. The van der Waals surface area contributed by atoms with E-state index < -0.39 is 0 Å². The maximum Gasteiger partial charge on any atom is 0.310 e. The van der Waals surface area contributed by atoms with Crippen molar-refractivity contribution < 1.29 is 14.3 Å². The van der Waals surface area contributed by atoms with Crippen molar-refractivity contribution >= 4 is 11.9 Å². The van der Waals surface area contributed by atoms with Gasteiger partial charge in [-0.1, -0.05) is 6.92 Å². The number of nitrogens with zero attached hydrogens (tertiary/aromatic N) is 2. The first-order chi connectivity index (χ1) is 9.61. The number of carbonyl (C=O) groups excluding carboxylic acids is 2. The fraction of sp³-hybridized carbons (Fsp3) is 0.600. The lowest BCUT2D eigenvalue weighted by molar-refractivity contribution is -0.146. The molecule has 0 N–H and O–H groups in total. The molecule has 2 aliphatic rings. The molecule has 0 bridgehead atoms. The fourth-order valence-corrected chi connectivity index (χ4v) is 3.00. The Kier molecular flexibility index (Phi) is 3.28. The van der Waals surface area contributed by atoms with Gasteiger partial charge in [-0.05, 0) is 30.9 Å². The van der Waals surface area contributed by atoms with E-state index in [2.05, 4.69) is 4.57 Å². The van der Waals surface area contributed by atoms with Gasteiger partial charge >= 0.3 is 5.97 Å². The summed E-state index contributed by atoms with van der Waals surface area (Å²) in [6.07, 6.45) is 4.27. The Morgan fingerprint density at radius 2 is 2.05 bits per heavy atom. The molecule has 3 rings (SSSR count). The molecule has 0 radical (unpaired) electrons. The molecular formula is C15H20N2O3. The zero-order valence-electron chi connectivity index (χ0n) is 11.9. The smallest absolute Gasteiger partial charge is 0.310 e. The van der Waals surface area contributed by atoms with Crippen LogP contribution in [-0.2, 0) is 9.53 Å². The third kappa shape index (κ3) is 2.21. The van der Waals surface area contributed by atoms with Crippen molar-refractivity contribution in [3.8, 4) is 0 Å². The van der Waals surface area contributed by atoms with E-state index in [1.807, 2.05) is 25.3 Å². The van der Waals surface area contributed by atoms with Crippen LogP contribution >= 0.6 is 0 Å². The predicted molar refractivity (Wildman–Crippen MR) is 73.3 cm³/mol. The molecular weight excluding hydrogens is 256 g/mol. The van der Waals surface area contributed by atoms with E-state index in [1.165, 1.54) is 7.11 Å². The number of ether oxygens (including phenoxy) is 1. The third-order valence-electron chi connectivity index (χ3n) is 4.34. The lowest BCUT2D eigenvalue weighted by Crippen LogP contribution is -2.31. The number of likely N-dealkylation sites (tertiary alicyclic amines) is 1. The molecule has 20 heavy (non-hydrogen) atoms. The lowest BCUT2D eigenvalue weighted by atomic mass is 9.99. The van der Waals surface area contributed by atoms with Crippen molar-refractivity contribution in [1.82, 2.24) is 9.47 Å². The van der Waals surface area contributed by atoms with Gasteiger partial charge < -0.3 is 14.2 Å². The first kappa shape index (κ1) is 13.2. The normalized spacial score (nSPS) is 25.8. The van der Waals surface area contributed by atoms with Crippen LogP contribution in [-0.4, -0.2) is 41.5 Å². The first-order valence-corrected chi connectivity index (χ1v) is 7.15. The van der Waals surface area contributed by atoms with Crippen LogP contribution in [0.25, 0.3) is 0 Å². The highest BCUT2D eigenvalue weighted by Crippen LogP contribution is 2.36. The van der Waals surface area contributed by atoms with E-state index in [-0.39, 0.29) is 23.7 Å². The third-order valence-corrected chi connectivity index (χ3v) is 4.34. The predicted octanol–water partition coefficient (Wildman–Crippen LogP) is 1.70. The topological polar surface area (TPSA) is 51.5 Å². The second-order valence-corrected chi connectivity index (χ2v) is 5.85. The molecule has 0 spiro atoms. The molecule has 2 atom stereocenters. The number of hydrogen-bond acceptors (Lipinski definition) is 3. The van der Waals surface area contributed by atoms with E-state index in [0.717, 1.165) is 18.5 Å². The molecule has 0 aromatic carbocycles. The van der Waals surface area contributed by atoms with Gasteiger partial charge in [-0.2, -0.15) is 0 Å². The molecule has 2 heterocycles. The van der Waals surface area contributed by atoms with E-state index in [1.54, 1.807) is 4.90 Å². The van der Waals surface area contributed by atoms with Gasteiger partial charge in [0.1, 0.15) is 5.69 Å². The highest BCUT2D eigenvalue weighted by molar-refractivity contribution is 5.93. The molecule has 1 aromatic rings. The van der Waals surface area contributed by atoms with E-state index in [9.17, 15) is 9.59 Å². The number of carbonyl (C=O) groups is 2. The van der Waals surface area contributed by atoms with E-state index in [0.29, 0.717) is 19.1 Å². The van der Waals surface area contributed by atoms with Gasteiger partial charge in [0.15, 0.2) is 0 Å². The van der Waals surface area contributed by atoms with Gasteiger partial charge in [-0.15, -0.1) is 0 Å².